The van der Waals surface area contributed by atoms with Gasteiger partial charge < -0.3 is 10.4 Å². The van der Waals surface area contributed by atoms with E-state index in [1.807, 2.05) is 38.1 Å². The number of hydrogen-bond acceptors (Lipinski definition) is 3. The minimum Gasteiger partial charge on any atom is -0.481 e. The number of hydrogen-bond donors (Lipinski definition) is 2. The zero-order valence-electron chi connectivity index (χ0n) is 11.2. The van der Waals surface area contributed by atoms with Crippen molar-refractivity contribution in [2.45, 2.75) is 31.6 Å². The van der Waals surface area contributed by atoms with Crippen LogP contribution in [0, 0.1) is 5.92 Å². The molecule has 1 amide bonds. The van der Waals surface area contributed by atoms with Gasteiger partial charge in [-0.15, -0.1) is 11.8 Å². The molecule has 0 aromatic heterocycles. The van der Waals surface area contributed by atoms with Crippen molar-refractivity contribution in [3.05, 3.63) is 24.3 Å². The normalized spacial score (nSPS) is 10.5. The van der Waals surface area contributed by atoms with Crippen LogP contribution >= 0.6 is 11.8 Å². The minimum absolute atomic E-state index is 0.0152. The molecule has 0 atom stereocenters. The number of thioether (sulfide) groups is 1. The molecule has 4 nitrogen and oxygen atoms in total. The van der Waals surface area contributed by atoms with Crippen LogP contribution in [0.2, 0.25) is 0 Å². The summed E-state index contributed by atoms with van der Waals surface area (Å²) in [5.74, 6) is -0.133. The molecule has 0 fully saturated rings. The first-order valence-electron chi connectivity index (χ1n) is 6.25. The summed E-state index contributed by atoms with van der Waals surface area (Å²) < 4.78 is 0. The molecule has 0 spiro atoms. The van der Waals surface area contributed by atoms with E-state index in [-0.39, 0.29) is 18.2 Å². The molecule has 0 radical (unpaired) electrons. The van der Waals surface area contributed by atoms with Crippen LogP contribution in [0.1, 0.15) is 26.7 Å². The highest BCUT2D eigenvalue weighted by molar-refractivity contribution is 7.99. The Morgan fingerprint density at radius 3 is 2.63 bits per heavy atom. The number of nitrogens with one attached hydrogen (secondary N) is 1. The van der Waals surface area contributed by atoms with Gasteiger partial charge in [0.05, 0.1) is 5.69 Å². The highest BCUT2D eigenvalue weighted by Gasteiger charge is 2.10. The molecule has 1 aromatic rings. The lowest BCUT2D eigenvalue weighted by atomic mass is 10.2. The highest BCUT2D eigenvalue weighted by Crippen LogP contribution is 2.28. The van der Waals surface area contributed by atoms with Gasteiger partial charge in [0.1, 0.15) is 0 Å². The summed E-state index contributed by atoms with van der Waals surface area (Å²) in [6, 6.07) is 7.57. The van der Waals surface area contributed by atoms with Gasteiger partial charge in [-0.25, -0.2) is 0 Å². The van der Waals surface area contributed by atoms with Crippen molar-refractivity contribution in [1.82, 2.24) is 0 Å². The van der Waals surface area contributed by atoms with E-state index in [0.29, 0.717) is 6.42 Å². The summed E-state index contributed by atoms with van der Waals surface area (Å²) in [4.78, 5) is 23.1. The number of carboxylic acid groups (broad SMARTS) is 1. The molecule has 0 heterocycles. The summed E-state index contributed by atoms with van der Waals surface area (Å²) in [7, 11) is 0. The van der Waals surface area contributed by atoms with E-state index in [2.05, 4.69) is 5.32 Å². The maximum Gasteiger partial charge on any atom is 0.303 e. The second-order valence-corrected chi connectivity index (χ2v) is 5.62. The highest BCUT2D eigenvalue weighted by atomic mass is 32.2. The van der Waals surface area contributed by atoms with Gasteiger partial charge in [-0.1, -0.05) is 26.0 Å². The second kappa shape index (κ2) is 7.84. The lowest BCUT2D eigenvalue weighted by Gasteiger charge is -2.12. The molecule has 0 unspecified atom stereocenters. The van der Waals surface area contributed by atoms with Crippen molar-refractivity contribution >= 4 is 29.3 Å². The van der Waals surface area contributed by atoms with Gasteiger partial charge in [0, 0.05) is 17.2 Å². The van der Waals surface area contributed by atoms with Crippen molar-refractivity contribution in [1.29, 1.82) is 0 Å². The third kappa shape index (κ3) is 5.79. The first-order chi connectivity index (χ1) is 9.00. The summed E-state index contributed by atoms with van der Waals surface area (Å²) in [5, 5.41) is 11.5. The Kier molecular flexibility index (Phi) is 6.42. The Hall–Kier alpha value is -1.49. The monoisotopic (exact) mass is 281 g/mol. The summed E-state index contributed by atoms with van der Waals surface area (Å²) in [5.41, 5.74) is 0.793. The molecule has 1 rings (SSSR count). The number of rotatable bonds is 7. The first kappa shape index (κ1) is 15.6. The molecule has 0 saturated carbocycles. The van der Waals surface area contributed by atoms with Crippen molar-refractivity contribution in [2.24, 2.45) is 5.92 Å². The average molecular weight is 281 g/mol. The molecule has 19 heavy (non-hydrogen) atoms. The van der Waals surface area contributed by atoms with Crippen LogP contribution in [0.15, 0.2) is 29.2 Å². The predicted octanol–water partition coefficient (Wildman–Crippen LogP) is 3.24. The molecule has 0 aliphatic rings. The van der Waals surface area contributed by atoms with Gasteiger partial charge >= 0.3 is 5.97 Å². The Labute approximate surface area is 117 Å². The van der Waals surface area contributed by atoms with E-state index in [0.717, 1.165) is 16.3 Å². The molecular formula is C14H19NO3S. The van der Waals surface area contributed by atoms with Crippen LogP contribution in [-0.4, -0.2) is 22.7 Å². The van der Waals surface area contributed by atoms with E-state index < -0.39 is 5.97 Å². The summed E-state index contributed by atoms with van der Waals surface area (Å²) >= 11 is 1.56. The molecule has 2 N–H and O–H groups in total. The quantitative estimate of drug-likeness (QED) is 0.595. The Bertz CT molecular complexity index is 446. The van der Waals surface area contributed by atoms with Crippen molar-refractivity contribution in [3.63, 3.8) is 0 Å². The van der Waals surface area contributed by atoms with E-state index in [1.165, 1.54) is 0 Å². The largest absolute Gasteiger partial charge is 0.481 e. The fourth-order valence-corrected chi connectivity index (χ4v) is 2.34. The number of carbonyl (C=O) groups is 2. The fourth-order valence-electron chi connectivity index (χ4n) is 1.38. The van der Waals surface area contributed by atoms with Crippen LogP contribution in [0.4, 0.5) is 5.69 Å². The predicted molar refractivity (Wildman–Crippen MR) is 77.5 cm³/mol. The average Bonchev–Trinajstić information content (AvgIpc) is 2.36. The Balaban J connectivity index is 2.58. The van der Waals surface area contributed by atoms with E-state index in [1.54, 1.807) is 11.8 Å². The standard InChI is InChI=1S/C14H19NO3S/c1-10(2)14(18)15-11-6-3-4-7-12(11)19-9-5-8-13(16)17/h3-4,6-7,10H,5,8-9H2,1-2H3,(H,15,18)(H,16,17). The second-order valence-electron chi connectivity index (χ2n) is 4.49. The number of anilines is 1. The number of para-hydroxylation sites is 1. The first-order valence-corrected chi connectivity index (χ1v) is 7.23. The zero-order valence-corrected chi connectivity index (χ0v) is 12.0. The molecule has 5 heteroatoms. The zero-order chi connectivity index (χ0) is 14.3. The number of carbonyl (C=O) groups excluding carboxylic acids is 1. The van der Waals surface area contributed by atoms with Crippen molar-refractivity contribution in [3.8, 4) is 0 Å². The summed E-state index contributed by atoms with van der Waals surface area (Å²) in [6.07, 6.45) is 0.792. The molecule has 0 bridgehead atoms. The molecule has 0 saturated heterocycles. The Morgan fingerprint density at radius 1 is 1.32 bits per heavy atom. The van der Waals surface area contributed by atoms with Gasteiger partial charge in [0.15, 0.2) is 0 Å². The van der Waals surface area contributed by atoms with Crippen LogP contribution in [0.3, 0.4) is 0 Å². The lowest BCUT2D eigenvalue weighted by molar-refractivity contribution is -0.137. The van der Waals surface area contributed by atoms with E-state index in [4.69, 9.17) is 5.11 Å². The van der Waals surface area contributed by atoms with Gasteiger partial charge in [0.25, 0.3) is 0 Å². The van der Waals surface area contributed by atoms with Crippen molar-refractivity contribution in [2.75, 3.05) is 11.1 Å². The molecule has 1 aromatic carbocycles. The maximum absolute atomic E-state index is 11.7. The number of amides is 1. The third-order valence-corrected chi connectivity index (χ3v) is 3.62. The summed E-state index contributed by atoms with van der Waals surface area (Å²) in [6.45, 7) is 3.69. The molecule has 0 aliphatic heterocycles. The van der Waals surface area contributed by atoms with Gasteiger partial charge in [-0.3, -0.25) is 9.59 Å². The fraction of sp³-hybridized carbons (Fsp3) is 0.429. The molecule has 0 aliphatic carbocycles. The van der Waals surface area contributed by atoms with Gasteiger partial charge in [-0.05, 0) is 24.3 Å². The molecular weight excluding hydrogens is 262 g/mol. The van der Waals surface area contributed by atoms with Crippen LogP contribution < -0.4 is 5.32 Å². The van der Waals surface area contributed by atoms with E-state index >= 15 is 0 Å². The number of aliphatic carboxylic acids is 1. The maximum atomic E-state index is 11.7. The van der Waals surface area contributed by atoms with E-state index in [9.17, 15) is 9.59 Å². The van der Waals surface area contributed by atoms with Crippen LogP contribution in [-0.2, 0) is 9.59 Å². The van der Waals surface area contributed by atoms with Crippen LogP contribution in [0.5, 0.6) is 0 Å². The lowest BCUT2D eigenvalue weighted by Crippen LogP contribution is -2.18. The Morgan fingerprint density at radius 2 is 2.00 bits per heavy atom. The topological polar surface area (TPSA) is 66.4 Å². The van der Waals surface area contributed by atoms with Gasteiger partial charge in [0.2, 0.25) is 5.91 Å². The third-order valence-electron chi connectivity index (χ3n) is 2.46. The minimum atomic E-state index is -0.776. The van der Waals surface area contributed by atoms with Crippen molar-refractivity contribution < 1.29 is 14.7 Å². The SMILES string of the molecule is CC(C)C(=O)Nc1ccccc1SCCCC(=O)O. The number of carboxylic acids is 1. The number of benzene rings is 1. The van der Waals surface area contributed by atoms with Gasteiger partial charge in [-0.2, -0.15) is 0 Å². The smallest absolute Gasteiger partial charge is 0.303 e. The van der Waals surface area contributed by atoms with Crippen LogP contribution in [0.25, 0.3) is 0 Å². The molecule has 104 valence electrons.